The number of hydrogen-bond donors (Lipinski definition) is 24. The van der Waals surface area contributed by atoms with Gasteiger partial charge in [-0.3, -0.25) is 111 Å². The normalized spacial score (nSPS) is 13.7. The van der Waals surface area contributed by atoms with E-state index in [1.807, 2.05) is 18.2 Å². The molecule has 0 aliphatic heterocycles. The van der Waals surface area contributed by atoms with Crippen LogP contribution < -0.4 is 122 Å². The summed E-state index contributed by atoms with van der Waals surface area (Å²) in [6.07, 6.45) is -2.63. The van der Waals surface area contributed by atoms with Gasteiger partial charge in [-0.15, -0.1) is 0 Å². The Kier molecular flexibility index (Phi) is 58.8. The van der Waals surface area contributed by atoms with Crippen molar-refractivity contribution in [2.45, 2.75) is 242 Å². The van der Waals surface area contributed by atoms with E-state index in [2.05, 4.69) is 57.8 Å². The molecule has 14 atom stereocenters. The van der Waals surface area contributed by atoms with Crippen LogP contribution in [0.25, 0.3) is 0 Å². The second-order valence-electron chi connectivity index (χ2n) is 36.1. The number of carbonyl (C=O) groups is 21. The van der Waals surface area contributed by atoms with Crippen LogP contribution in [0.3, 0.4) is 0 Å². The number of nitrogens with zero attached hydrogens (tertiary/aromatic N) is 2. The summed E-state index contributed by atoms with van der Waals surface area (Å²) >= 11 is 0. The summed E-state index contributed by atoms with van der Waals surface area (Å²) in [6.45, 7) is 6.06. The quantitative estimate of drug-likeness (QED) is 0.00994. The molecule has 0 saturated carbocycles. The Morgan fingerprint density at radius 3 is 0.824 bits per heavy atom. The van der Waals surface area contributed by atoms with E-state index in [4.69, 9.17) is 74.5 Å². The molecule has 47 nitrogen and oxygen atoms in total. The van der Waals surface area contributed by atoms with Gasteiger partial charge in [-0.1, -0.05) is 174 Å². The molecule has 47 heteroatoms. The van der Waals surface area contributed by atoms with E-state index in [9.17, 15) is 111 Å². The molecule has 15 amide bonds. The lowest BCUT2D eigenvalue weighted by Crippen LogP contribution is -2.51. The highest BCUT2D eigenvalue weighted by Gasteiger charge is 2.38. The lowest BCUT2D eigenvalue weighted by Gasteiger charge is -2.24. The van der Waals surface area contributed by atoms with Crippen LogP contribution in [0, 0.1) is 29.6 Å². The second-order valence-corrected chi connectivity index (χ2v) is 36.1. The summed E-state index contributed by atoms with van der Waals surface area (Å²) in [5.41, 5.74) is 74.1. The van der Waals surface area contributed by atoms with Crippen LogP contribution in [0.1, 0.15) is 182 Å². The van der Waals surface area contributed by atoms with Gasteiger partial charge in [0.2, 0.25) is 82.7 Å². The molecule has 0 aliphatic rings. The molecule has 0 aliphatic carbocycles. The second kappa shape index (κ2) is 68.7. The molecule has 2 unspecified atom stereocenters. The van der Waals surface area contributed by atoms with Gasteiger partial charge in [-0.2, -0.15) is 0 Å². The molecular formula is C101H146N24O23. The fourth-order valence-corrected chi connectivity index (χ4v) is 15.0. The Hall–Kier alpha value is -15.5. The smallest absolute Gasteiger partial charge is 0.251 e. The fraction of sp³-hybridized carbons (Fsp3) is 0.475. The molecule has 808 valence electrons. The first-order chi connectivity index (χ1) is 70.1. The van der Waals surface area contributed by atoms with Crippen LogP contribution in [0.5, 0.6) is 0 Å². The molecule has 0 spiro atoms. The van der Waals surface area contributed by atoms with Crippen molar-refractivity contribution in [2.24, 2.45) is 114 Å². The third-order valence-electron chi connectivity index (χ3n) is 23.2. The monoisotopic (exact) mass is 2060 g/mol. The van der Waals surface area contributed by atoms with Crippen molar-refractivity contribution in [2.75, 3.05) is 32.8 Å². The van der Waals surface area contributed by atoms with E-state index in [0.717, 1.165) is 16.7 Å². The van der Waals surface area contributed by atoms with E-state index < -0.39 is 259 Å². The minimum atomic E-state index is -1.42. The maximum Gasteiger partial charge on any atom is 0.251 e. The standard InChI is InChI=1S/C35H48N8O7.C35H49N7O8.C31H49N9O8/c1-21(2)31(32(37)48)43-30(47)16-15-27(44)26(20-29(36)46)42-34(50)24(14-9-17-40-35(38)39)19-28(45)25(18-22-10-5-3-6-11-22)41-33(49)23-12-7-4-8-13-23;36-16-8-7-13-24(19-30(45)26(42-35(50)25(37)21-43)17-22-9-3-1-4-10-22)34(49)41-27(20-31(38)46)29(44)14-15-32(47)40-28(33(39)48)18-23-11-5-2-6-12-23;1-17(2)27(28(34)46)40-26(45)11-10-23(42)22(15-25(33)44)38-29(47)19(9-6-12-37-31(35)36)14-24(43)21(39-30(48)20(32)16-41)13-18-7-4-3-5-8-18/h3-8,10-13,21,24-26,31H,9,14-20H2,1-2H3,(H2,36,46)(H2,37,48)(H,41,49)(H,42,50)(H,43,47)(H4,38,39,40);1-6,9-12,24-28,43H,7-8,13-21,36-37H2,(H2,38,46)(H2,39,48)(H,40,47)(H,41,49)(H,42,50);3-5,7-8,17,19-22,27,41H,6,9-16,32H2,1-2H3,(H2,33,44)(H2,34,46)(H,38,47)(H,39,48)(H,40,45)(H4,35,36,37)/t24-,25+,26+,31?;24-,25+,26+,27+,28+;19-,20+,21+,22+,27?/m111/s1. The first kappa shape index (κ1) is 127. The first-order valence-electron chi connectivity index (χ1n) is 48.4. The number of hydrogen-bond acceptors (Lipinski definition) is 28. The summed E-state index contributed by atoms with van der Waals surface area (Å²) in [5.74, 6) is -18.4. The SMILES string of the molecule is CC(C)C(NC(=O)CCC(=O)[C@H](CC(N)=O)NC(=O)[C@H](CCCN=C(N)N)CC(=O)[C@H](Cc1ccccc1)NC(=O)[C@@H](N)CO)C(N)=O.CC(C)C(NC(=O)CCC(=O)[C@H](CC(N)=O)NC(=O)[C@H](CCCN=C(N)N)CC(=O)[C@H](Cc1ccccc1)NC(=O)c1ccccc1)C(N)=O.NCCCC[C@H](CC(=O)[C@H](Cc1ccccc1)NC(=O)[C@@H](N)CO)C(=O)N[C@@H](CC(N)=O)C(=O)CCC(=O)N[C@@H](Cc1ccccc1)C(N)=O. The van der Waals surface area contributed by atoms with Gasteiger partial charge < -0.3 is 133 Å². The minimum absolute atomic E-state index is 0.0597. The van der Waals surface area contributed by atoms with Crippen molar-refractivity contribution in [1.82, 2.24) is 47.9 Å². The van der Waals surface area contributed by atoms with Gasteiger partial charge in [0.05, 0.1) is 68.7 Å². The van der Waals surface area contributed by atoms with Crippen molar-refractivity contribution < 1.29 is 111 Å². The van der Waals surface area contributed by atoms with E-state index in [1.165, 1.54) is 0 Å². The number of carbonyl (C=O) groups excluding carboxylic acids is 21. The molecule has 0 heterocycles. The van der Waals surface area contributed by atoms with Gasteiger partial charge in [-0.25, -0.2) is 0 Å². The van der Waals surface area contributed by atoms with Gasteiger partial charge in [0.15, 0.2) is 46.6 Å². The van der Waals surface area contributed by atoms with Gasteiger partial charge in [0.1, 0.15) is 30.2 Å². The third kappa shape index (κ3) is 51.3. The summed E-state index contributed by atoms with van der Waals surface area (Å²) in [4.78, 5) is 276. The highest BCUT2D eigenvalue weighted by Crippen LogP contribution is 2.23. The molecule has 5 aromatic carbocycles. The maximum absolute atomic E-state index is 13.8. The highest BCUT2D eigenvalue weighted by molar-refractivity contribution is 6.03. The molecule has 0 saturated heterocycles. The number of Topliss-reactive ketones (excluding diaryl/α,β-unsaturated/α-hetero) is 6. The lowest BCUT2D eigenvalue weighted by atomic mass is 9.90. The van der Waals surface area contributed by atoms with Crippen molar-refractivity contribution in [3.63, 3.8) is 0 Å². The number of aliphatic hydroxyl groups excluding tert-OH is 2. The molecule has 0 bridgehead atoms. The molecule has 5 rings (SSSR count). The maximum atomic E-state index is 13.8. The minimum Gasteiger partial charge on any atom is -0.394 e. The predicted molar refractivity (Wildman–Crippen MR) is 547 cm³/mol. The number of unbranched alkanes of at least 4 members (excludes halogenated alkanes) is 1. The number of rotatable bonds is 69. The predicted octanol–water partition coefficient (Wildman–Crippen LogP) is -4.35. The summed E-state index contributed by atoms with van der Waals surface area (Å²) in [5, 5.41) is 41.5. The number of primary amides is 6. The van der Waals surface area contributed by atoms with Crippen LogP contribution in [-0.4, -0.2) is 245 Å². The van der Waals surface area contributed by atoms with Gasteiger partial charge in [0, 0.05) is 101 Å². The van der Waals surface area contributed by atoms with Crippen molar-refractivity contribution in [3.8, 4) is 0 Å². The number of nitrogens with one attached hydrogen (secondary N) is 9. The van der Waals surface area contributed by atoms with Gasteiger partial charge >= 0.3 is 0 Å². The summed E-state index contributed by atoms with van der Waals surface area (Å²) in [6, 6.07) is 31.0. The Balaban J connectivity index is 0.000000570. The number of nitrogens with two attached hydrogens (primary N) is 13. The van der Waals surface area contributed by atoms with Crippen LogP contribution in [0.15, 0.2) is 162 Å². The number of aliphatic hydroxyl groups is 2. The third-order valence-corrected chi connectivity index (χ3v) is 23.2. The number of amides is 15. The number of aliphatic imine (C=N–C) groups is 2. The molecule has 0 radical (unpaired) electrons. The largest absolute Gasteiger partial charge is 0.394 e. The Morgan fingerprint density at radius 1 is 0.291 bits per heavy atom. The van der Waals surface area contributed by atoms with E-state index in [-0.39, 0.29) is 133 Å². The number of benzene rings is 5. The summed E-state index contributed by atoms with van der Waals surface area (Å²) in [7, 11) is 0. The van der Waals surface area contributed by atoms with E-state index in [1.54, 1.807) is 161 Å². The first-order valence-corrected chi connectivity index (χ1v) is 48.4. The molecule has 37 N–H and O–H groups in total. The molecule has 0 aromatic heterocycles. The number of guanidine groups is 2. The lowest BCUT2D eigenvalue weighted by molar-refractivity contribution is -0.135. The average Bonchev–Trinajstić information content (AvgIpc) is 0.854. The van der Waals surface area contributed by atoms with Crippen LogP contribution in [0.4, 0.5) is 0 Å². The molecular weight excluding hydrogens is 1920 g/mol. The van der Waals surface area contributed by atoms with Crippen LogP contribution in [-0.2, 0) is 122 Å². The van der Waals surface area contributed by atoms with Gasteiger partial charge in [0.25, 0.3) is 5.91 Å². The van der Waals surface area contributed by atoms with Crippen LogP contribution in [0.2, 0.25) is 0 Å². The van der Waals surface area contributed by atoms with Crippen molar-refractivity contribution >= 4 is 135 Å². The zero-order valence-electron chi connectivity index (χ0n) is 83.8. The van der Waals surface area contributed by atoms with Crippen molar-refractivity contribution in [1.29, 1.82) is 0 Å². The van der Waals surface area contributed by atoms with E-state index >= 15 is 0 Å². The fourth-order valence-electron chi connectivity index (χ4n) is 15.0. The van der Waals surface area contributed by atoms with Gasteiger partial charge in [-0.05, 0) is 111 Å². The molecule has 148 heavy (non-hydrogen) atoms. The zero-order chi connectivity index (χ0) is 111. The molecule has 5 aromatic rings. The highest BCUT2D eigenvalue weighted by atomic mass is 16.3. The Bertz CT molecular complexity index is 5270. The Morgan fingerprint density at radius 2 is 0.561 bits per heavy atom. The number of ketones is 6. The topological polar surface area (TPSA) is 870 Å². The Labute approximate surface area is 858 Å². The van der Waals surface area contributed by atoms with E-state index in [0.29, 0.717) is 30.5 Å². The molecule has 0 fully saturated rings. The van der Waals surface area contributed by atoms with Crippen LogP contribution >= 0.6 is 0 Å². The average molecular weight is 2060 g/mol. The van der Waals surface area contributed by atoms with Crippen molar-refractivity contribution in [3.05, 3.63) is 179 Å². The zero-order valence-corrected chi connectivity index (χ0v) is 83.8. The summed E-state index contributed by atoms with van der Waals surface area (Å²) < 4.78 is 0.